The van der Waals surface area contributed by atoms with Gasteiger partial charge in [-0.1, -0.05) is 13.3 Å². The molecular weight excluding hydrogens is 256 g/mol. The Kier molecular flexibility index (Phi) is 5.02. The summed E-state index contributed by atoms with van der Waals surface area (Å²) in [7, 11) is 0. The lowest BCUT2D eigenvalue weighted by molar-refractivity contribution is -0.137. The molecule has 2 fully saturated rings. The minimum absolute atomic E-state index is 0.213. The summed E-state index contributed by atoms with van der Waals surface area (Å²) in [5.41, 5.74) is -0.337. The zero-order chi connectivity index (χ0) is 14.6. The van der Waals surface area contributed by atoms with E-state index in [1.165, 1.54) is 0 Å². The topological polar surface area (TPSA) is 69.6 Å². The van der Waals surface area contributed by atoms with Gasteiger partial charge < -0.3 is 15.3 Å². The first kappa shape index (κ1) is 15.3. The molecule has 5 heteroatoms. The summed E-state index contributed by atoms with van der Waals surface area (Å²) in [6, 6.07) is 0. The molecule has 0 aromatic carbocycles. The van der Waals surface area contributed by atoms with Crippen LogP contribution in [0.3, 0.4) is 0 Å². The maximum Gasteiger partial charge on any atom is 0.303 e. The highest BCUT2D eigenvalue weighted by Gasteiger charge is 2.43. The van der Waals surface area contributed by atoms with Crippen LogP contribution in [-0.4, -0.2) is 47.1 Å². The smallest absolute Gasteiger partial charge is 0.303 e. The van der Waals surface area contributed by atoms with Crippen LogP contribution in [0.25, 0.3) is 0 Å². The standard InChI is InChI=1S/C15H26N2O3/c1-2-7-15(8-3-9-16-15)14(20)17-10-6-12(11-17)4-5-13(18)19/h12,16H,2-11H2,1H3,(H,18,19). The number of nitrogens with one attached hydrogen (secondary N) is 1. The van der Waals surface area contributed by atoms with E-state index in [0.29, 0.717) is 12.3 Å². The van der Waals surface area contributed by atoms with E-state index in [-0.39, 0.29) is 17.9 Å². The first-order chi connectivity index (χ1) is 9.57. The normalized spacial score (nSPS) is 29.9. The van der Waals surface area contributed by atoms with Gasteiger partial charge in [0, 0.05) is 19.5 Å². The van der Waals surface area contributed by atoms with Crippen molar-refractivity contribution in [3.05, 3.63) is 0 Å². The second kappa shape index (κ2) is 6.57. The average Bonchev–Trinajstić information content (AvgIpc) is 3.05. The lowest BCUT2D eigenvalue weighted by atomic mass is 9.90. The Hall–Kier alpha value is -1.10. The maximum atomic E-state index is 12.8. The molecule has 0 aromatic rings. The third kappa shape index (κ3) is 3.32. The number of rotatable bonds is 6. The first-order valence-corrected chi connectivity index (χ1v) is 7.83. The third-order valence-electron chi connectivity index (χ3n) is 4.67. The van der Waals surface area contributed by atoms with Crippen LogP contribution >= 0.6 is 0 Å². The van der Waals surface area contributed by atoms with Crippen molar-refractivity contribution in [2.75, 3.05) is 19.6 Å². The highest BCUT2D eigenvalue weighted by molar-refractivity contribution is 5.87. The van der Waals surface area contributed by atoms with Crippen molar-refractivity contribution >= 4 is 11.9 Å². The predicted molar refractivity (Wildman–Crippen MR) is 76.4 cm³/mol. The number of likely N-dealkylation sites (tertiary alicyclic amines) is 1. The molecule has 0 spiro atoms. The lowest BCUT2D eigenvalue weighted by Gasteiger charge is -2.32. The summed E-state index contributed by atoms with van der Waals surface area (Å²) in [4.78, 5) is 25.4. The van der Waals surface area contributed by atoms with Crippen LogP contribution < -0.4 is 5.32 Å². The molecule has 0 bridgehead atoms. The van der Waals surface area contributed by atoms with E-state index >= 15 is 0 Å². The van der Waals surface area contributed by atoms with E-state index in [9.17, 15) is 9.59 Å². The molecule has 2 rings (SSSR count). The number of aliphatic carboxylic acids is 1. The summed E-state index contributed by atoms with van der Waals surface area (Å²) < 4.78 is 0. The highest BCUT2D eigenvalue weighted by atomic mass is 16.4. The van der Waals surface area contributed by atoms with E-state index in [0.717, 1.165) is 51.7 Å². The lowest BCUT2D eigenvalue weighted by Crippen LogP contribution is -2.54. The number of hydrogen-bond acceptors (Lipinski definition) is 3. The SMILES string of the molecule is CCCC1(C(=O)N2CCC(CCC(=O)O)C2)CCCN1. The minimum atomic E-state index is -0.741. The van der Waals surface area contributed by atoms with Gasteiger partial charge >= 0.3 is 5.97 Å². The molecule has 0 saturated carbocycles. The predicted octanol–water partition coefficient (Wildman–Crippen LogP) is 1.62. The Labute approximate surface area is 120 Å². The third-order valence-corrected chi connectivity index (χ3v) is 4.67. The molecule has 0 aliphatic carbocycles. The van der Waals surface area contributed by atoms with Gasteiger partial charge in [0.05, 0.1) is 5.54 Å². The molecule has 2 unspecified atom stereocenters. The van der Waals surface area contributed by atoms with Crippen LogP contribution in [0.15, 0.2) is 0 Å². The summed E-state index contributed by atoms with van der Waals surface area (Å²) in [5, 5.41) is 12.2. The summed E-state index contributed by atoms with van der Waals surface area (Å²) in [6.07, 6.45) is 5.77. The van der Waals surface area contributed by atoms with Crippen molar-refractivity contribution in [1.29, 1.82) is 0 Å². The molecule has 2 atom stereocenters. The summed E-state index contributed by atoms with van der Waals surface area (Å²) >= 11 is 0. The van der Waals surface area contributed by atoms with Gasteiger partial charge in [-0.2, -0.15) is 0 Å². The van der Waals surface area contributed by atoms with E-state index in [1.54, 1.807) is 0 Å². The number of hydrogen-bond donors (Lipinski definition) is 2. The molecule has 1 amide bonds. The van der Waals surface area contributed by atoms with Crippen LogP contribution in [0.1, 0.15) is 51.9 Å². The van der Waals surface area contributed by atoms with Gasteiger partial charge in [0.1, 0.15) is 0 Å². The summed E-state index contributed by atoms with van der Waals surface area (Å²) in [6.45, 7) is 4.58. The Balaban J connectivity index is 1.91. The van der Waals surface area contributed by atoms with Crippen LogP contribution in [0.5, 0.6) is 0 Å². The average molecular weight is 282 g/mol. The molecule has 2 aliphatic rings. The quantitative estimate of drug-likeness (QED) is 0.777. The molecule has 2 aliphatic heterocycles. The van der Waals surface area contributed by atoms with Gasteiger partial charge in [0.2, 0.25) is 5.91 Å². The van der Waals surface area contributed by atoms with Crippen LogP contribution in [0.4, 0.5) is 0 Å². The van der Waals surface area contributed by atoms with Crippen LogP contribution in [0, 0.1) is 5.92 Å². The Morgan fingerprint density at radius 3 is 2.85 bits per heavy atom. The van der Waals surface area contributed by atoms with E-state index < -0.39 is 5.97 Å². The molecule has 2 saturated heterocycles. The molecule has 2 N–H and O–H groups in total. The number of carboxylic acids is 1. The number of carbonyl (C=O) groups is 2. The van der Waals surface area contributed by atoms with Crippen molar-refractivity contribution in [3.8, 4) is 0 Å². The molecule has 0 aromatic heterocycles. The number of carboxylic acid groups (broad SMARTS) is 1. The highest BCUT2D eigenvalue weighted by Crippen LogP contribution is 2.30. The van der Waals surface area contributed by atoms with E-state index in [4.69, 9.17) is 5.11 Å². The van der Waals surface area contributed by atoms with Crippen molar-refractivity contribution in [3.63, 3.8) is 0 Å². The molecule has 114 valence electrons. The van der Waals surface area contributed by atoms with Crippen LogP contribution in [-0.2, 0) is 9.59 Å². The fraction of sp³-hybridized carbons (Fsp3) is 0.867. The Morgan fingerprint density at radius 2 is 2.25 bits per heavy atom. The van der Waals surface area contributed by atoms with Crippen molar-refractivity contribution < 1.29 is 14.7 Å². The van der Waals surface area contributed by atoms with E-state index in [2.05, 4.69) is 12.2 Å². The largest absolute Gasteiger partial charge is 0.481 e. The van der Waals surface area contributed by atoms with Gasteiger partial charge in [-0.25, -0.2) is 0 Å². The van der Waals surface area contributed by atoms with Gasteiger partial charge in [-0.05, 0) is 44.6 Å². The Morgan fingerprint density at radius 1 is 1.45 bits per heavy atom. The number of amides is 1. The van der Waals surface area contributed by atoms with E-state index in [1.807, 2.05) is 4.90 Å². The first-order valence-electron chi connectivity index (χ1n) is 7.83. The molecule has 20 heavy (non-hydrogen) atoms. The maximum absolute atomic E-state index is 12.8. The molecule has 2 heterocycles. The number of carbonyl (C=O) groups excluding carboxylic acids is 1. The van der Waals surface area contributed by atoms with Gasteiger partial charge in [-0.15, -0.1) is 0 Å². The fourth-order valence-electron chi connectivity index (χ4n) is 3.62. The van der Waals surface area contributed by atoms with Gasteiger partial charge in [0.25, 0.3) is 0 Å². The molecule has 5 nitrogen and oxygen atoms in total. The van der Waals surface area contributed by atoms with Crippen LogP contribution in [0.2, 0.25) is 0 Å². The van der Waals surface area contributed by atoms with Crippen molar-refractivity contribution in [2.45, 2.75) is 57.4 Å². The molecule has 0 radical (unpaired) electrons. The molecular formula is C15H26N2O3. The van der Waals surface area contributed by atoms with Gasteiger partial charge in [0.15, 0.2) is 0 Å². The fourth-order valence-corrected chi connectivity index (χ4v) is 3.62. The minimum Gasteiger partial charge on any atom is -0.481 e. The second-order valence-electron chi connectivity index (χ2n) is 6.20. The second-order valence-corrected chi connectivity index (χ2v) is 6.20. The van der Waals surface area contributed by atoms with Gasteiger partial charge in [-0.3, -0.25) is 9.59 Å². The number of nitrogens with zero attached hydrogens (tertiary/aromatic N) is 1. The monoisotopic (exact) mass is 282 g/mol. The summed E-state index contributed by atoms with van der Waals surface area (Å²) in [5.74, 6) is -0.139. The van der Waals surface area contributed by atoms with Crippen molar-refractivity contribution in [1.82, 2.24) is 10.2 Å². The Bertz CT molecular complexity index is 364. The zero-order valence-electron chi connectivity index (χ0n) is 12.4. The zero-order valence-corrected chi connectivity index (χ0v) is 12.4. The van der Waals surface area contributed by atoms with Crippen molar-refractivity contribution in [2.24, 2.45) is 5.92 Å².